The van der Waals surface area contributed by atoms with Gasteiger partial charge >= 0.3 is 0 Å². The molecular formula is C16H20O3. The van der Waals surface area contributed by atoms with Crippen molar-refractivity contribution in [1.29, 1.82) is 0 Å². The lowest BCUT2D eigenvalue weighted by atomic mass is 9.69. The fourth-order valence-electron chi connectivity index (χ4n) is 3.42. The average molecular weight is 260 g/mol. The number of phenols is 2. The fraction of sp³-hybridized carbons (Fsp3) is 0.500. The molecule has 1 unspecified atom stereocenters. The van der Waals surface area contributed by atoms with E-state index in [-0.39, 0.29) is 16.9 Å². The van der Waals surface area contributed by atoms with Crippen LogP contribution in [0, 0.1) is 5.92 Å². The van der Waals surface area contributed by atoms with E-state index in [9.17, 15) is 10.2 Å². The van der Waals surface area contributed by atoms with Crippen molar-refractivity contribution < 1.29 is 14.9 Å². The molecule has 2 aliphatic rings. The van der Waals surface area contributed by atoms with Gasteiger partial charge in [0.05, 0.1) is 0 Å². The summed E-state index contributed by atoms with van der Waals surface area (Å²) in [5.74, 6) is 2.41. The highest BCUT2D eigenvalue weighted by Crippen LogP contribution is 2.52. The molecule has 0 aromatic heterocycles. The molecule has 0 amide bonds. The van der Waals surface area contributed by atoms with E-state index in [2.05, 4.69) is 20.8 Å². The molecule has 102 valence electrons. The van der Waals surface area contributed by atoms with Crippen LogP contribution < -0.4 is 4.74 Å². The van der Waals surface area contributed by atoms with Crippen LogP contribution in [0.4, 0.5) is 0 Å². The molecule has 1 aromatic rings. The lowest BCUT2D eigenvalue weighted by Crippen LogP contribution is -2.31. The van der Waals surface area contributed by atoms with Crippen LogP contribution in [0.1, 0.15) is 45.6 Å². The molecule has 1 heterocycles. The molecule has 3 heteroatoms. The number of fused-ring (bicyclic) bond motifs is 1. The van der Waals surface area contributed by atoms with Crippen molar-refractivity contribution >= 4 is 0 Å². The number of phenolic OH excluding ortho intramolecular Hbond substituents is 2. The Morgan fingerprint density at radius 2 is 2.00 bits per heavy atom. The second-order valence-electron chi connectivity index (χ2n) is 6.31. The summed E-state index contributed by atoms with van der Waals surface area (Å²) in [6, 6.07) is 2.99. The van der Waals surface area contributed by atoms with Gasteiger partial charge in [0.1, 0.15) is 23.0 Å². The van der Waals surface area contributed by atoms with E-state index in [0.717, 1.165) is 24.2 Å². The SMILES string of the molecule is CC1CCC2=C(C1)Oc1cc(O)cc(O)c1C2(C)C. The van der Waals surface area contributed by atoms with Crippen molar-refractivity contribution in [3.05, 3.63) is 29.0 Å². The lowest BCUT2D eigenvalue weighted by Gasteiger charge is -2.40. The summed E-state index contributed by atoms with van der Waals surface area (Å²) in [7, 11) is 0. The Hall–Kier alpha value is -1.64. The third-order valence-electron chi connectivity index (χ3n) is 4.44. The first kappa shape index (κ1) is 12.4. The van der Waals surface area contributed by atoms with Gasteiger partial charge in [0.2, 0.25) is 0 Å². The molecule has 1 atom stereocenters. The van der Waals surface area contributed by atoms with Crippen LogP contribution in [0.2, 0.25) is 0 Å². The number of allylic oxidation sites excluding steroid dienone is 2. The summed E-state index contributed by atoms with van der Waals surface area (Å²) < 4.78 is 5.96. The third-order valence-corrected chi connectivity index (χ3v) is 4.44. The molecule has 0 radical (unpaired) electrons. The molecule has 1 aliphatic heterocycles. The van der Waals surface area contributed by atoms with Crippen LogP contribution in [0.3, 0.4) is 0 Å². The standard InChI is InChI=1S/C16H20O3/c1-9-4-5-11-13(6-9)19-14-8-10(17)7-12(18)15(14)16(11,2)3/h7-9,17-18H,4-6H2,1-3H3. The van der Waals surface area contributed by atoms with E-state index in [1.807, 2.05) is 0 Å². The quantitative estimate of drug-likeness (QED) is 0.745. The van der Waals surface area contributed by atoms with Gasteiger partial charge in [-0.2, -0.15) is 0 Å². The molecule has 3 nitrogen and oxygen atoms in total. The molecule has 1 aromatic carbocycles. The Morgan fingerprint density at radius 1 is 1.26 bits per heavy atom. The highest BCUT2D eigenvalue weighted by atomic mass is 16.5. The van der Waals surface area contributed by atoms with Crippen LogP contribution in [0.15, 0.2) is 23.5 Å². The summed E-state index contributed by atoms with van der Waals surface area (Å²) in [6.07, 6.45) is 3.12. The summed E-state index contributed by atoms with van der Waals surface area (Å²) in [4.78, 5) is 0. The van der Waals surface area contributed by atoms with Gasteiger partial charge in [-0.25, -0.2) is 0 Å². The Bertz CT molecular complexity index is 570. The Kier molecular flexibility index (Phi) is 2.56. The summed E-state index contributed by atoms with van der Waals surface area (Å²) in [5, 5.41) is 19.8. The van der Waals surface area contributed by atoms with Crippen molar-refractivity contribution in [3.63, 3.8) is 0 Å². The van der Waals surface area contributed by atoms with Crippen molar-refractivity contribution in [1.82, 2.24) is 0 Å². The number of ether oxygens (including phenoxy) is 1. The largest absolute Gasteiger partial charge is 0.508 e. The van der Waals surface area contributed by atoms with Gasteiger partial charge < -0.3 is 14.9 Å². The monoisotopic (exact) mass is 260 g/mol. The zero-order valence-electron chi connectivity index (χ0n) is 11.7. The number of aromatic hydroxyl groups is 2. The molecule has 0 spiro atoms. The maximum Gasteiger partial charge on any atom is 0.138 e. The zero-order chi connectivity index (χ0) is 13.8. The normalized spacial score (nSPS) is 24.5. The molecule has 0 fully saturated rings. The van der Waals surface area contributed by atoms with Gasteiger partial charge in [0, 0.05) is 29.5 Å². The summed E-state index contributed by atoms with van der Waals surface area (Å²) >= 11 is 0. The van der Waals surface area contributed by atoms with Gasteiger partial charge in [-0.3, -0.25) is 0 Å². The number of hydrogen-bond acceptors (Lipinski definition) is 3. The molecule has 2 N–H and O–H groups in total. The highest BCUT2D eigenvalue weighted by molar-refractivity contribution is 5.59. The Balaban J connectivity index is 2.17. The Morgan fingerprint density at radius 3 is 2.74 bits per heavy atom. The topological polar surface area (TPSA) is 49.7 Å². The minimum Gasteiger partial charge on any atom is -0.508 e. The maximum absolute atomic E-state index is 10.2. The van der Waals surface area contributed by atoms with Gasteiger partial charge in [0.25, 0.3) is 0 Å². The second-order valence-corrected chi connectivity index (χ2v) is 6.31. The van der Waals surface area contributed by atoms with Crippen molar-refractivity contribution in [3.8, 4) is 17.2 Å². The molecule has 1 aliphatic carbocycles. The van der Waals surface area contributed by atoms with E-state index in [0.29, 0.717) is 11.7 Å². The van der Waals surface area contributed by atoms with Crippen LogP contribution in [-0.2, 0) is 5.41 Å². The summed E-state index contributed by atoms with van der Waals surface area (Å²) in [6.45, 7) is 6.47. The Labute approximate surface area is 113 Å². The smallest absolute Gasteiger partial charge is 0.138 e. The minimum atomic E-state index is -0.235. The van der Waals surface area contributed by atoms with Crippen LogP contribution >= 0.6 is 0 Å². The first-order chi connectivity index (χ1) is 8.89. The third kappa shape index (κ3) is 1.79. The average Bonchev–Trinajstić information content (AvgIpc) is 2.25. The summed E-state index contributed by atoms with van der Waals surface area (Å²) in [5.41, 5.74) is 1.85. The molecular weight excluding hydrogens is 240 g/mol. The van der Waals surface area contributed by atoms with E-state index in [4.69, 9.17) is 4.74 Å². The molecule has 0 bridgehead atoms. The molecule has 19 heavy (non-hydrogen) atoms. The first-order valence-electron chi connectivity index (χ1n) is 6.86. The van der Waals surface area contributed by atoms with Gasteiger partial charge in [-0.05, 0) is 24.3 Å². The van der Waals surface area contributed by atoms with Gasteiger partial charge in [0.15, 0.2) is 0 Å². The zero-order valence-corrected chi connectivity index (χ0v) is 11.7. The minimum absolute atomic E-state index is 0.0416. The van der Waals surface area contributed by atoms with E-state index < -0.39 is 0 Å². The number of rotatable bonds is 0. The van der Waals surface area contributed by atoms with E-state index >= 15 is 0 Å². The maximum atomic E-state index is 10.2. The predicted octanol–water partition coefficient (Wildman–Crippen LogP) is 3.84. The fourth-order valence-corrected chi connectivity index (χ4v) is 3.42. The molecule has 3 rings (SSSR count). The lowest BCUT2D eigenvalue weighted by molar-refractivity contribution is 0.284. The van der Waals surface area contributed by atoms with E-state index in [1.54, 1.807) is 6.07 Å². The van der Waals surface area contributed by atoms with Crippen LogP contribution in [0.5, 0.6) is 17.2 Å². The van der Waals surface area contributed by atoms with Crippen molar-refractivity contribution in [2.75, 3.05) is 0 Å². The second kappa shape index (κ2) is 3.92. The van der Waals surface area contributed by atoms with Crippen molar-refractivity contribution in [2.45, 2.75) is 45.4 Å². The van der Waals surface area contributed by atoms with E-state index in [1.165, 1.54) is 18.1 Å². The first-order valence-corrected chi connectivity index (χ1v) is 6.86. The number of hydrogen-bond donors (Lipinski definition) is 2. The van der Waals surface area contributed by atoms with Crippen LogP contribution in [0.25, 0.3) is 0 Å². The van der Waals surface area contributed by atoms with Gasteiger partial charge in [-0.15, -0.1) is 0 Å². The predicted molar refractivity (Wildman–Crippen MR) is 73.5 cm³/mol. The van der Waals surface area contributed by atoms with Crippen molar-refractivity contribution in [2.24, 2.45) is 5.92 Å². The molecule has 0 saturated carbocycles. The highest BCUT2D eigenvalue weighted by Gasteiger charge is 2.40. The van der Waals surface area contributed by atoms with Gasteiger partial charge in [-0.1, -0.05) is 20.8 Å². The van der Waals surface area contributed by atoms with Crippen LogP contribution in [-0.4, -0.2) is 10.2 Å². The molecule has 0 saturated heterocycles. The number of benzene rings is 1.